The van der Waals surface area contributed by atoms with Gasteiger partial charge in [0.05, 0.1) is 5.56 Å². The number of nitrogens with one attached hydrogen (secondary N) is 1. The molecule has 1 aliphatic rings. The summed E-state index contributed by atoms with van der Waals surface area (Å²) < 4.78 is 0. The quantitative estimate of drug-likeness (QED) is 0.918. The molecule has 0 unspecified atom stereocenters. The number of carbonyl (C=O) groups is 1. The molecule has 1 amide bonds. The topological polar surface area (TPSA) is 45.2 Å². The molecule has 0 aromatic carbocycles. The first-order valence-corrected chi connectivity index (χ1v) is 7.61. The zero-order chi connectivity index (χ0) is 14.5. The van der Waals surface area contributed by atoms with Crippen LogP contribution in [0.15, 0.2) is 18.3 Å². The molecule has 1 saturated heterocycles. The van der Waals surface area contributed by atoms with Gasteiger partial charge in [0.15, 0.2) is 0 Å². The average Bonchev–Trinajstić information content (AvgIpc) is 2.47. The summed E-state index contributed by atoms with van der Waals surface area (Å²) in [6.45, 7) is 9.05. The summed E-state index contributed by atoms with van der Waals surface area (Å²) >= 11 is 0. The third-order valence-electron chi connectivity index (χ3n) is 4.15. The molecular weight excluding hydrogens is 250 g/mol. The summed E-state index contributed by atoms with van der Waals surface area (Å²) in [7, 11) is 0. The number of nitrogens with zero attached hydrogens (tertiary/aromatic N) is 2. The van der Waals surface area contributed by atoms with E-state index in [1.165, 1.54) is 0 Å². The third-order valence-corrected chi connectivity index (χ3v) is 4.15. The minimum atomic E-state index is 0.108. The van der Waals surface area contributed by atoms with Gasteiger partial charge >= 0.3 is 0 Å². The van der Waals surface area contributed by atoms with Gasteiger partial charge in [0.1, 0.15) is 5.82 Å². The Morgan fingerprint density at radius 3 is 2.75 bits per heavy atom. The van der Waals surface area contributed by atoms with E-state index in [-0.39, 0.29) is 5.91 Å². The molecule has 20 heavy (non-hydrogen) atoms. The van der Waals surface area contributed by atoms with Crippen LogP contribution in [0, 0.1) is 11.8 Å². The fourth-order valence-electron chi connectivity index (χ4n) is 2.83. The van der Waals surface area contributed by atoms with Crippen molar-refractivity contribution >= 4 is 11.7 Å². The van der Waals surface area contributed by atoms with Crippen molar-refractivity contribution in [2.75, 3.05) is 25.0 Å². The van der Waals surface area contributed by atoms with Crippen LogP contribution in [0.3, 0.4) is 0 Å². The Bertz CT molecular complexity index is 451. The lowest BCUT2D eigenvalue weighted by Gasteiger charge is -2.34. The van der Waals surface area contributed by atoms with Crippen LogP contribution >= 0.6 is 0 Å². The Morgan fingerprint density at radius 1 is 1.45 bits per heavy atom. The first-order valence-electron chi connectivity index (χ1n) is 7.61. The Kier molecular flexibility index (Phi) is 4.99. The van der Waals surface area contributed by atoms with Gasteiger partial charge in [-0.15, -0.1) is 0 Å². The van der Waals surface area contributed by atoms with Crippen molar-refractivity contribution in [1.82, 2.24) is 9.88 Å². The molecule has 1 aliphatic heterocycles. The van der Waals surface area contributed by atoms with Crippen molar-refractivity contribution in [3.8, 4) is 0 Å². The number of hydrogen-bond acceptors (Lipinski definition) is 3. The summed E-state index contributed by atoms with van der Waals surface area (Å²) in [4.78, 5) is 18.9. The monoisotopic (exact) mass is 275 g/mol. The van der Waals surface area contributed by atoms with Gasteiger partial charge in [0, 0.05) is 25.8 Å². The molecule has 1 N–H and O–H groups in total. The van der Waals surface area contributed by atoms with Crippen LogP contribution in [0.1, 0.15) is 44.0 Å². The SMILES string of the molecule is CCNc1ncccc1C(=O)N1CCC(C(C)C)CC1. The fraction of sp³-hybridized carbons (Fsp3) is 0.625. The molecule has 0 bridgehead atoms. The molecule has 0 radical (unpaired) electrons. The molecule has 0 saturated carbocycles. The molecule has 2 heterocycles. The molecule has 1 aromatic rings. The predicted molar refractivity (Wildman–Crippen MR) is 81.9 cm³/mol. The van der Waals surface area contributed by atoms with Gasteiger partial charge in [-0.3, -0.25) is 4.79 Å². The van der Waals surface area contributed by atoms with Crippen LogP contribution in [-0.4, -0.2) is 35.4 Å². The number of likely N-dealkylation sites (tertiary alicyclic amines) is 1. The summed E-state index contributed by atoms with van der Waals surface area (Å²) in [5, 5.41) is 3.16. The Balaban J connectivity index is 2.05. The number of rotatable bonds is 4. The van der Waals surface area contributed by atoms with E-state index in [2.05, 4.69) is 24.1 Å². The van der Waals surface area contributed by atoms with E-state index in [0.717, 1.165) is 38.4 Å². The van der Waals surface area contributed by atoms with E-state index in [1.54, 1.807) is 6.20 Å². The van der Waals surface area contributed by atoms with Crippen molar-refractivity contribution in [3.05, 3.63) is 23.9 Å². The van der Waals surface area contributed by atoms with E-state index >= 15 is 0 Å². The van der Waals surface area contributed by atoms with Crippen molar-refractivity contribution in [3.63, 3.8) is 0 Å². The van der Waals surface area contributed by atoms with Gasteiger partial charge in [-0.2, -0.15) is 0 Å². The number of carbonyl (C=O) groups excluding carboxylic acids is 1. The van der Waals surface area contributed by atoms with Crippen molar-refractivity contribution in [2.45, 2.75) is 33.6 Å². The van der Waals surface area contributed by atoms with Gasteiger partial charge in [0.25, 0.3) is 5.91 Å². The largest absolute Gasteiger partial charge is 0.370 e. The van der Waals surface area contributed by atoms with Gasteiger partial charge in [0.2, 0.25) is 0 Å². The van der Waals surface area contributed by atoms with Crippen LogP contribution < -0.4 is 5.32 Å². The molecule has 0 aliphatic carbocycles. The smallest absolute Gasteiger partial charge is 0.257 e. The summed E-state index contributed by atoms with van der Waals surface area (Å²) in [6.07, 6.45) is 3.94. The average molecular weight is 275 g/mol. The highest BCUT2D eigenvalue weighted by Crippen LogP contribution is 2.26. The highest BCUT2D eigenvalue weighted by Gasteiger charge is 2.26. The van der Waals surface area contributed by atoms with E-state index in [1.807, 2.05) is 24.0 Å². The summed E-state index contributed by atoms with van der Waals surface area (Å²) in [5.74, 6) is 2.27. The maximum Gasteiger partial charge on any atom is 0.257 e. The molecule has 0 spiro atoms. The molecule has 4 heteroatoms. The number of anilines is 1. The summed E-state index contributed by atoms with van der Waals surface area (Å²) in [6, 6.07) is 3.69. The van der Waals surface area contributed by atoms with Crippen molar-refractivity contribution in [1.29, 1.82) is 0 Å². The summed E-state index contributed by atoms with van der Waals surface area (Å²) in [5.41, 5.74) is 0.692. The molecular formula is C16H25N3O. The molecule has 110 valence electrons. The van der Waals surface area contributed by atoms with Crippen molar-refractivity contribution in [2.24, 2.45) is 11.8 Å². The van der Waals surface area contributed by atoms with Crippen LogP contribution in [-0.2, 0) is 0 Å². The van der Waals surface area contributed by atoms with Gasteiger partial charge in [-0.1, -0.05) is 13.8 Å². The number of amides is 1. The Hall–Kier alpha value is -1.58. The molecule has 0 atom stereocenters. The highest BCUT2D eigenvalue weighted by atomic mass is 16.2. The van der Waals surface area contributed by atoms with E-state index < -0.39 is 0 Å². The predicted octanol–water partition coefficient (Wildman–Crippen LogP) is 3.02. The molecule has 1 fully saturated rings. The standard InChI is InChI=1S/C16H25N3O/c1-4-17-15-14(6-5-9-18-15)16(20)19-10-7-13(8-11-19)12(2)3/h5-6,9,12-13H,4,7-8,10-11H2,1-3H3,(H,17,18). The third kappa shape index (κ3) is 3.30. The number of aromatic nitrogens is 1. The number of hydrogen-bond donors (Lipinski definition) is 1. The second-order valence-electron chi connectivity index (χ2n) is 5.80. The van der Waals surface area contributed by atoms with Gasteiger partial charge in [-0.25, -0.2) is 4.98 Å². The lowest BCUT2D eigenvalue weighted by atomic mass is 9.86. The highest BCUT2D eigenvalue weighted by molar-refractivity contribution is 5.98. The first kappa shape index (κ1) is 14.8. The minimum absolute atomic E-state index is 0.108. The van der Waals surface area contributed by atoms with Gasteiger partial charge < -0.3 is 10.2 Å². The normalized spacial score (nSPS) is 16.5. The Labute approximate surface area is 121 Å². The maximum absolute atomic E-state index is 12.6. The van der Waals surface area contributed by atoms with E-state index in [4.69, 9.17) is 0 Å². The zero-order valence-corrected chi connectivity index (χ0v) is 12.7. The molecule has 4 nitrogen and oxygen atoms in total. The van der Waals surface area contributed by atoms with Gasteiger partial charge in [-0.05, 0) is 43.7 Å². The van der Waals surface area contributed by atoms with Crippen LogP contribution in [0.4, 0.5) is 5.82 Å². The maximum atomic E-state index is 12.6. The number of piperidine rings is 1. The second-order valence-corrected chi connectivity index (χ2v) is 5.80. The molecule has 1 aromatic heterocycles. The van der Waals surface area contributed by atoms with Crippen LogP contribution in [0.25, 0.3) is 0 Å². The van der Waals surface area contributed by atoms with Crippen LogP contribution in [0.2, 0.25) is 0 Å². The second kappa shape index (κ2) is 6.73. The molecule has 2 rings (SSSR count). The lowest BCUT2D eigenvalue weighted by Crippen LogP contribution is -2.39. The van der Waals surface area contributed by atoms with Crippen molar-refractivity contribution < 1.29 is 4.79 Å². The number of pyridine rings is 1. The Morgan fingerprint density at radius 2 is 2.15 bits per heavy atom. The lowest BCUT2D eigenvalue weighted by molar-refractivity contribution is 0.0668. The zero-order valence-electron chi connectivity index (χ0n) is 12.7. The first-order chi connectivity index (χ1) is 9.63. The fourth-order valence-corrected chi connectivity index (χ4v) is 2.83. The van der Waals surface area contributed by atoms with E-state index in [9.17, 15) is 4.79 Å². The van der Waals surface area contributed by atoms with Crippen LogP contribution in [0.5, 0.6) is 0 Å². The van der Waals surface area contributed by atoms with E-state index in [0.29, 0.717) is 17.3 Å². The minimum Gasteiger partial charge on any atom is -0.370 e.